The number of hydrogen-bond donors (Lipinski definition) is 2. The highest BCUT2D eigenvalue weighted by Crippen LogP contribution is 2.41. The molecular weight excluding hydrogens is 589 g/mol. The first-order chi connectivity index (χ1) is 20.0. The minimum absolute atomic E-state index is 0.291. The van der Waals surface area contributed by atoms with Gasteiger partial charge in [0.05, 0.1) is 0 Å². The van der Waals surface area contributed by atoms with E-state index >= 15 is 0 Å². The fourth-order valence-corrected chi connectivity index (χ4v) is 4.81. The Morgan fingerprint density at radius 1 is 0.762 bits per heavy atom. The van der Waals surface area contributed by atoms with Crippen molar-refractivity contribution in [3.63, 3.8) is 0 Å². The zero-order chi connectivity index (χ0) is 30.4. The van der Waals surface area contributed by atoms with Gasteiger partial charge < -0.3 is 15.4 Å². The predicted molar refractivity (Wildman–Crippen MR) is 142 cm³/mol. The van der Waals surface area contributed by atoms with Crippen molar-refractivity contribution in [2.24, 2.45) is 0 Å². The number of halogens is 7. The van der Waals surface area contributed by atoms with Crippen LogP contribution in [-0.4, -0.2) is 18.4 Å². The molecular formula is C29H19F7N2O3S. The molecule has 0 aliphatic rings. The molecule has 0 bridgehead atoms. The highest BCUT2D eigenvalue weighted by Gasteiger charge is 2.42. The van der Waals surface area contributed by atoms with E-state index in [4.69, 9.17) is 4.74 Å². The summed E-state index contributed by atoms with van der Waals surface area (Å²) in [7, 11) is 0. The van der Waals surface area contributed by atoms with Gasteiger partial charge in [0.25, 0.3) is 5.91 Å². The second-order valence-corrected chi connectivity index (χ2v) is 9.76. The molecule has 1 atom stereocenters. The number of anilines is 2. The van der Waals surface area contributed by atoms with E-state index in [0.717, 1.165) is 11.8 Å². The topological polar surface area (TPSA) is 67.4 Å². The summed E-state index contributed by atoms with van der Waals surface area (Å²) in [5.41, 5.74) is -3.85. The number of carbonyl (C=O) groups excluding carboxylic acids is 2. The van der Waals surface area contributed by atoms with E-state index in [9.17, 15) is 40.3 Å². The maximum atomic E-state index is 14.5. The Morgan fingerprint density at radius 3 is 1.95 bits per heavy atom. The Morgan fingerprint density at radius 2 is 1.36 bits per heavy atom. The molecule has 4 rings (SSSR count). The van der Waals surface area contributed by atoms with E-state index in [1.165, 1.54) is 18.2 Å². The molecule has 0 heterocycles. The van der Waals surface area contributed by atoms with Gasteiger partial charge in [0.2, 0.25) is 5.91 Å². The molecule has 42 heavy (non-hydrogen) atoms. The van der Waals surface area contributed by atoms with Gasteiger partial charge in [-0.1, -0.05) is 54.6 Å². The van der Waals surface area contributed by atoms with Crippen molar-refractivity contribution in [1.29, 1.82) is 0 Å². The zero-order valence-electron chi connectivity index (χ0n) is 21.1. The summed E-state index contributed by atoms with van der Waals surface area (Å²) in [5.74, 6) is -11.4. The third-order valence-corrected chi connectivity index (χ3v) is 6.87. The molecule has 0 saturated heterocycles. The molecule has 1 unspecified atom stereocenters. The summed E-state index contributed by atoms with van der Waals surface area (Å²) in [6.45, 7) is -0.298. The Balaban J connectivity index is 1.56. The van der Waals surface area contributed by atoms with E-state index in [1.54, 1.807) is 72.0 Å². The molecule has 218 valence electrons. The fraction of sp³-hybridized carbons (Fsp3) is 0.103. The van der Waals surface area contributed by atoms with Crippen molar-refractivity contribution < 1.29 is 45.1 Å². The SMILES string of the molecule is O=C(COc1ccccc1)Nc1cccc(SC(C(=O)Nc2c(F)c(F)c(C(F)(F)F)c(F)c2F)c2ccccc2)c1. The Hall–Kier alpha value is -4.52. The van der Waals surface area contributed by atoms with Gasteiger partial charge in [-0.15, -0.1) is 11.8 Å². The molecule has 0 spiro atoms. The van der Waals surface area contributed by atoms with Crippen LogP contribution in [0.1, 0.15) is 16.4 Å². The van der Waals surface area contributed by atoms with Crippen LogP contribution in [-0.2, 0) is 15.8 Å². The standard InChI is InChI=1S/C29H19F7N2O3S/c30-22-21(29(34,35)36)23(31)25(33)26(24(22)32)38-28(40)27(16-8-3-1-4-9-16)42-19-13-7-10-17(14-19)37-20(39)15-41-18-11-5-2-6-12-18/h1-14,27H,15H2,(H,37,39)(H,38,40). The van der Waals surface area contributed by atoms with Crippen molar-refractivity contribution in [2.75, 3.05) is 17.2 Å². The van der Waals surface area contributed by atoms with E-state index < -0.39 is 57.8 Å². The summed E-state index contributed by atoms with van der Waals surface area (Å²) >= 11 is 0.841. The number of benzene rings is 4. The van der Waals surface area contributed by atoms with E-state index in [2.05, 4.69) is 5.32 Å². The van der Waals surface area contributed by atoms with Gasteiger partial charge in [-0.2, -0.15) is 13.2 Å². The fourth-order valence-electron chi connectivity index (χ4n) is 3.73. The van der Waals surface area contributed by atoms with Crippen molar-refractivity contribution in [2.45, 2.75) is 16.3 Å². The van der Waals surface area contributed by atoms with Gasteiger partial charge in [0, 0.05) is 10.6 Å². The second kappa shape index (κ2) is 13.0. The Kier molecular flexibility index (Phi) is 9.41. The third kappa shape index (κ3) is 7.21. The van der Waals surface area contributed by atoms with Crippen molar-refractivity contribution in [1.82, 2.24) is 0 Å². The molecule has 4 aromatic rings. The van der Waals surface area contributed by atoms with Crippen LogP contribution in [0.5, 0.6) is 5.75 Å². The summed E-state index contributed by atoms with van der Waals surface area (Å²) in [6.07, 6.45) is -5.73. The minimum Gasteiger partial charge on any atom is -0.484 e. The van der Waals surface area contributed by atoms with Crippen molar-refractivity contribution >= 4 is 35.0 Å². The van der Waals surface area contributed by atoms with Crippen LogP contribution in [0.15, 0.2) is 89.8 Å². The Bertz CT molecular complexity index is 1560. The molecule has 2 amide bonds. The van der Waals surface area contributed by atoms with E-state index in [1.807, 2.05) is 0 Å². The molecule has 13 heteroatoms. The van der Waals surface area contributed by atoms with Crippen molar-refractivity contribution in [3.8, 4) is 5.75 Å². The molecule has 0 fully saturated rings. The lowest BCUT2D eigenvalue weighted by Gasteiger charge is -2.19. The molecule has 0 aliphatic heterocycles. The predicted octanol–water partition coefficient (Wildman–Crippen LogP) is 7.75. The molecule has 0 saturated carbocycles. The van der Waals surface area contributed by atoms with Crippen LogP contribution >= 0.6 is 11.8 Å². The average Bonchev–Trinajstić information content (AvgIpc) is 2.96. The number of alkyl halides is 3. The van der Waals surface area contributed by atoms with Crippen LogP contribution < -0.4 is 15.4 Å². The summed E-state index contributed by atoms with van der Waals surface area (Å²) in [6, 6.07) is 22.5. The lowest BCUT2D eigenvalue weighted by atomic mass is 10.1. The highest BCUT2D eigenvalue weighted by molar-refractivity contribution is 8.00. The van der Waals surface area contributed by atoms with Crippen LogP contribution in [0.25, 0.3) is 0 Å². The first-order valence-corrected chi connectivity index (χ1v) is 12.9. The number of nitrogens with one attached hydrogen (secondary N) is 2. The molecule has 5 nitrogen and oxygen atoms in total. The van der Waals surface area contributed by atoms with Crippen LogP contribution in [0.4, 0.5) is 42.1 Å². The number of para-hydroxylation sites is 1. The number of rotatable bonds is 9. The van der Waals surface area contributed by atoms with Crippen LogP contribution in [0.2, 0.25) is 0 Å². The first-order valence-electron chi connectivity index (χ1n) is 12.0. The van der Waals surface area contributed by atoms with E-state index in [0.29, 0.717) is 21.9 Å². The smallest absolute Gasteiger partial charge is 0.422 e. The third-order valence-electron chi connectivity index (χ3n) is 5.62. The van der Waals surface area contributed by atoms with Gasteiger partial charge in [0.15, 0.2) is 29.9 Å². The lowest BCUT2D eigenvalue weighted by Crippen LogP contribution is -2.23. The van der Waals surface area contributed by atoms with E-state index in [-0.39, 0.29) is 6.61 Å². The van der Waals surface area contributed by atoms with Crippen molar-refractivity contribution in [3.05, 3.63) is 119 Å². The Labute approximate surface area is 238 Å². The van der Waals surface area contributed by atoms with Crippen LogP contribution in [0.3, 0.4) is 0 Å². The minimum atomic E-state index is -5.73. The maximum Gasteiger partial charge on any atom is 0.422 e. The molecule has 0 aliphatic carbocycles. The zero-order valence-corrected chi connectivity index (χ0v) is 22.0. The summed E-state index contributed by atoms with van der Waals surface area (Å²) < 4.78 is 101. The summed E-state index contributed by atoms with van der Waals surface area (Å²) in [4.78, 5) is 25.9. The summed E-state index contributed by atoms with van der Waals surface area (Å²) in [5, 5.41) is 3.02. The van der Waals surface area contributed by atoms with Crippen LogP contribution in [0, 0.1) is 23.3 Å². The van der Waals surface area contributed by atoms with Gasteiger partial charge in [0.1, 0.15) is 22.3 Å². The highest BCUT2D eigenvalue weighted by atomic mass is 32.2. The molecule has 0 aromatic heterocycles. The molecule has 4 aromatic carbocycles. The number of hydrogen-bond acceptors (Lipinski definition) is 4. The van der Waals surface area contributed by atoms with Gasteiger partial charge in [-0.25, -0.2) is 17.6 Å². The monoisotopic (exact) mass is 608 g/mol. The largest absolute Gasteiger partial charge is 0.484 e. The van der Waals surface area contributed by atoms with Gasteiger partial charge in [-0.05, 0) is 35.9 Å². The number of thioether (sulfide) groups is 1. The lowest BCUT2D eigenvalue weighted by molar-refractivity contribution is -0.143. The average molecular weight is 609 g/mol. The molecule has 0 radical (unpaired) electrons. The van der Waals surface area contributed by atoms with Gasteiger partial charge in [-0.3, -0.25) is 9.59 Å². The number of ether oxygens (including phenoxy) is 1. The van der Waals surface area contributed by atoms with Gasteiger partial charge >= 0.3 is 6.18 Å². The number of amides is 2. The normalized spacial score (nSPS) is 12.0. The first kappa shape index (κ1) is 30.4. The number of carbonyl (C=O) groups is 2. The maximum absolute atomic E-state index is 14.5. The molecule has 2 N–H and O–H groups in total. The second-order valence-electron chi connectivity index (χ2n) is 8.58. The quantitative estimate of drug-likeness (QED) is 0.116.